The molecule has 1 aliphatic heterocycles. The quantitative estimate of drug-likeness (QED) is 0.695. The van der Waals surface area contributed by atoms with E-state index in [4.69, 9.17) is 5.73 Å². The minimum absolute atomic E-state index is 0.420. The van der Waals surface area contributed by atoms with Gasteiger partial charge >= 0.3 is 0 Å². The maximum atomic E-state index is 6.08. The lowest BCUT2D eigenvalue weighted by atomic mass is 9.84. The Labute approximate surface area is 87.8 Å². The topological polar surface area (TPSA) is 29.3 Å². The number of rotatable bonds is 1. The molecule has 2 aliphatic rings. The van der Waals surface area contributed by atoms with Gasteiger partial charge in [-0.05, 0) is 32.1 Å². The smallest absolute Gasteiger partial charge is 0.0222 e. The first-order valence-corrected chi connectivity index (χ1v) is 6.21. The van der Waals surface area contributed by atoms with E-state index in [0.717, 1.165) is 12.0 Å². The fourth-order valence-electron chi connectivity index (χ4n) is 3.25. The van der Waals surface area contributed by atoms with Crippen LogP contribution in [-0.4, -0.2) is 29.6 Å². The molecule has 1 heterocycles. The van der Waals surface area contributed by atoms with E-state index in [-0.39, 0.29) is 0 Å². The van der Waals surface area contributed by atoms with E-state index in [1.165, 1.54) is 38.6 Å². The first kappa shape index (κ1) is 10.4. The molecule has 0 bridgehead atoms. The number of nitrogens with two attached hydrogens (primary N) is 1. The minimum atomic E-state index is 0.420. The van der Waals surface area contributed by atoms with E-state index in [9.17, 15) is 0 Å². The van der Waals surface area contributed by atoms with Gasteiger partial charge in [-0.2, -0.15) is 0 Å². The highest BCUT2D eigenvalue weighted by molar-refractivity contribution is 4.93. The molecule has 2 nitrogen and oxygen atoms in total. The SMILES string of the molecule is CC1CCCCC1N1CCC(N)C1C. The molecule has 2 rings (SSSR count). The van der Waals surface area contributed by atoms with Gasteiger partial charge in [0.15, 0.2) is 0 Å². The lowest BCUT2D eigenvalue weighted by Crippen LogP contribution is -2.46. The molecule has 0 aromatic rings. The third-order valence-corrected chi connectivity index (χ3v) is 4.36. The summed E-state index contributed by atoms with van der Waals surface area (Å²) in [6.07, 6.45) is 6.88. The van der Waals surface area contributed by atoms with Gasteiger partial charge in [-0.15, -0.1) is 0 Å². The van der Waals surface area contributed by atoms with Gasteiger partial charge in [0, 0.05) is 24.7 Å². The maximum absolute atomic E-state index is 6.08. The monoisotopic (exact) mass is 196 g/mol. The molecule has 0 amide bonds. The van der Waals surface area contributed by atoms with Crippen LogP contribution in [0.1, 0.15) is 46.0 Å². The van der Waals surface area contributed by atoms with Crippen LogP contribution in [0, 0.1) is 5.92 Å². The molecular weight excluding hydrogens is 172 g/mol. The van der Waals surface area contributed by atoms with Crippen molar-refractivity contribution in [1.29, 1.82) is 0 Å². The average molecular weight is 196 g/mol. The summed E-state index contributed by atoms with van der Waals surface area (Å²) in [6.45, 7) is 5.96. The van der Waals surface area contributed by atoms with Crippen LogP contribution >= 0.6 is 0 Å². The second kappa shape index (κ2) is 4.19. The molecule has 0 radical (unpaired) electrons. The Kier molecular flexibility index (Phi) is 3.13. The van der Waals surface area contributed by atoms with Crippen LogP contribution in [0.4, 0.5) is 0 Å². The molecule has 2 heteroatoms. The van der Waals surface area contributed by atoms with Crippen molar-refractivity contribution in [2.45, 2.75) is 64.1 Å². The molecule has 0 aromatic heterocycles. The number of hydrogen-bond acceptors (Lipinski definition) is 2. The van der Waals surface area contributed by atoms with Crippen molar-refractivity contribution in [3.8, 4) is 0 Å². The zero-order valence-electron chi connectivity index (χ0n) is 9.58. The summed E-state index contributed by atoms with van der Waals surface area (Å²) in [5.74, 6) is 0.886. The first-order valence-electron chi connectivity index (χ1n) is 6.21. The zero-order chi connectivity index (χ0) is 10.1. The van der Waals surface area contributed by atoms with Crippen molar-refractivity contribution in [3.63, 3.8) is 0 Å². The van der Waals surface area contributed by atoms with Gasteiger partial charge in [0.1, 0.15) is 0 Å². The molecule has 1 saturated carbocycles. The van der Waals surface area contributed by atoms with Gasteiger partial charge in [-0.1, -0.05) is 19.8 Å². The largest absolute Gasteiger partial charge is 0.326 e. The van der Waals surface area contributed by atoms with Gasteiger partial charge in [-0.3, -0.25) is 4.90 Å². The van der Waals surface area contributed by atoms with Crippen molar-refractivity contribution in [2.75, 3.05) is 6.54 Å². The second-order valence-electron chi connectivity index (χ2n) is 5.26. The van der Waals surface area contributed by atoms with Gasteiger partial charge < -0.3 is 5.73 Å². The molecule has 1 aliphatic carbocycles. The summed E-state index contributed by atoms with van der Waals surface area (Å²) in [6, 6.07) is 1.86. The molecule has 1 saturated heterocycles. The first-order chi connectivity index (χ1) is 6.70. The number of hydrogen-bond donors (Lipinski definition) is 1. The number of nitrogens with zero attached hydrogens (tertiary/aromatic N) is 1. The lowest BCUT2D eigenvalue weighted by Gasteiger charge is -2.39. The van der Waals surface area contributed by atoms with Crippen LogP contribution in [0.5, 0.6) is 0 Å². The Morgan fingerprint density at radius 3 is 2.36 bits per heavy atom. The van der Waals surface area contributed by atoms with E-state index in [1.807, 2.05) is 0 Å². The summed E-state index contributed by atoms with van der Waals surface area (Å²) in [7, 11) is 0. The van der Waals surface area contributed by atoms with Gasteiger partial charge in [0.05, 0.1) is 0 Å². The fraction of sp³-hybridized carbons (Fsp3) is 1.00. The van der Waals surface area contributed by atoms with Gasteiger partial charge in [0.2, 0.25) is 0 Å². The number of likely N-dealkylation sites (tertiary alicyclic amines) is 1. The summed E-state index contributed by atoms with van der Waals surface area (Å²) < 4.78 is 0. The molecule has 82 valence electrons. The van der Waals surface area contributed by atoms with Crippen molar-refractivity contribution in [1.82, 2.24) is 4.90 Å². The van der Waals surface area contributed by atoms with Crippen molar-refractivity contribution in [3.05, 3.63) is 0 Å². The van der Waals surface area contributed by atoms with Crippen LogP contribution in [0.15, 0.2) is 0 Å². The lowest BCUT2D eigenvalue weighted by molar-refractivity contribution is 0.103. The molecular formula is C12H24N2. The highest BCUT2D eigenvalue weighted by Gasteiger charge is 2.36. The molecule has 2 fully saturated rings. The van der Waals surface area contributed by atoms with Crippen LogP contribution in [-0.2, 0) is 0 Å². The molecule has 14 heavy (non-hydrogen) atoms. The van der Waals surface area contributed by atoms with E-state index in [1.54, 1.807) is 0 Å². The standard InChI is InChI=1S/C12H24N2/c1-9-5-3-4-6-12(9)14-8-7-11(13)10(14)2/h9-12H,3-8,13H2,1-2H3. The minimum Gasteiger partial charge on any atom is -0.326 e. The predicted octanol–water partition coefficient (Wildman–Crippen LogP) is 1.99. The van der Waals surface area contributed by atoms with E-state index >= 15 is 0 Å². The predicted molar refractivity (Wildman–Crippen MR) is 60.2 cm³/mol. The Morgan fingerprint density at radius 1 is 1.07 bits per heavy atom. The zero-order valence-corrected chi connectivity index (χ0v) is 9.58. The van der Waals surface area contributed by atoms with E-state index < -0.39 is 0 Å². The molecule has 0 spiro atoms. The molecule has 4 atom stereocenters. The Balaban J connectivity index is 1.99. The summed E-state index contributed by atoms with van der Waals surface area (Å²) in [5.41, 5.74) is 6.08. The molecule has 4 unspecified atom stereocenters. The van der Waals surface area contributed by atoms with Crippen molar-refractivity contribution in [2.24, 2.45) is 11.7 Å². The van der Waals surface area contributed by atoms with Crippen molar-refractivity contribution < 1.29 is 0 Å². The van der Waals surface area contributed by atoms with Crippen LogP contribution < -0.4 is 5.73 Å². The summed E-state index contributed by atoms with van der Waals surface area (Å²) in [4.78, 5) is 2.68. The van der Waals surface area contributed by atoms with Crippen LogP contribution in [0.3, 0.4) is 0 Å². The Hall–Kier alpha value is -0.0800. The van der Waals surface area contributed by atoms with Crippen LogP contribution in [0.25, 0.3) is 0 Å². The summed E-state index contributed by atoms with van der Waals surface area (Å²) >= 11 is 0. The Bertz CT molecular complexity index is 191. The van der Waals surface area contributed by atoms with Gasteiger partial charge in [0.25, 0.3) is 0 Å². The maximum Gasteiger partial charge on any atom is 0.0222 e. The van der Waals surface area contributed by atoms with Crippen LogP contribution in [0.2, 0.25) is 0 Å². The highest BCUT2D eigenvalue weighted by atomic mass is 15.2. The van der Waals surface area contributed by atoms with Crippen molar-refractivity contribution >= 4 is 0 Å². The Morgan fingerprint density at radius 2 is 1.79 bits per heavy atom. The molecule has 2 N–H and O–H groups in total. The van der Waals surface area contributed by atoms with E-state index in [2.05, 4.69) is 18.7 Å². The molecule has 0 aromatic carbocycles. The highest BCUT2D eigenvalue weighted by Crippen LogP contribution is 2.32. The second-order valence-corrected chi connectivity index (χ2v) is 5.26. The average Bonchev–Trinajstić information content (AvgIpc) is 2.49. The summed E-state index contributed by atoms with van der Waals surface area (Å²) in [5, 5.41) is 0. The van der Waals surface area contributed by atoms with E-state index in [0.29, 0.717) is 12.1 Å². The normalized spacial score (nSPS) is 45.6. The fourth-order valence-corrected chi connectivity index (χ4v) is 3.25. The van der Waals surface area contributed by atoms with Gasteiger partial charge in [-0.25, -0.2) is 0 Å². The third-order valence-electron chi connectivity index (χ3n) is 4.36. The third kappa shape index (κ3) is 1.82.